The summed E-state index contributed by atoms with van der Waals surface area (Å²) in [7, 11) is 2.90. The smallest absolute Gasteiger partial charge is 0.254 e. The molecule has 0 saturated heterocycles. The van der Waals surface area contributed by atoms with E-state index in [0.717, 1.165) is 0 Å². The van der Waals surface area contributed by atoms with E-state index in [-0.39, 0.29) is 36.3 Å². The van der Waals surface area contributed by atoms with Gasteiger partial charge in [0.25, 0.3) is 11.8 Å². The van der Waals surface area contributed by atoms with Gasteiger partial charge in [-0.3, -0.25) is 9.59 Å². The predicted octanol–water partition coefficient (Wildman–Crippen LogP) is 1.03. The van der Waals surface area contributed by atoms with Crippen LogP contribution in [0.3, 0.4) is 0 Å². The molecule has 8 heteroatoms. The Kier molecular flexibility index (Phi) is 8.17. The van der Waals surface area contributed by atoms with Crippen LogP contribution in [0, 0.1) is 0 Å². The molecular formula is C12H17Cl2N3O3. The topological polar surface area (TPSA) is 93.5 Å². The van der Waals surface area contributed by atoms with Crippen LogP contribution in [0.4, 0.5) is 5.69 Å². The molecule has 0 fully saturated rings. The van der Waals surface area contributed by atoms with Crippen molar-refractivity contribution in [1.29, 1.82) is 0 Å². The maximum Gasteiger partial charge on any atom is 0.254 e. The SMILES string of the molecule is CNC(=O)c1cc(NC(=O)C(CN)OC)ccc1Cl.Cl. The van der Waals surface area contributed by atoms with E-state index in [1.807, 2.05) is 0 Å². The van der Waals surface area contributed by atoms with Gasteiger partial charge < -0.3 is 21.1 Å². The summed E-state index contributed by atoms with van der Waals surface area (Å²) in [5.74, 6) is -0.710. The van der Waals surface area contributed by atoms with Gasteiger partial charge in [-0.1, -0.05) is 11.6 Å². The number of hydrogen-bond acceptors (Lipinski definition) is 4. The summed E-state index contributed by atoms with van der Waals surface area (Å²) in [5.41, 5.74) is 6.12. The number of hydrogen-bond donors (Lipinski definition) is 3. The van der Waals surface area contributed by atoms with E-state index in [2.05, 4.69) is 10.6 Å². The lowest BCUT2D eigenvalue weighted by Crippen LogP contribution is -2.36. The number of benzene rings is 1. The summed E-state index contributed by atoms with van der Waals surface area (Å²) in [6, 6.07) is 4.62. The number of carbonyl (C=O) groups excluding carboxylic acids is 2. The number of nitrogens with two attached hydrogens (primary N) is 1. The molecule has 0 aromatic heterocycles. The second-order valence-electron chi connectivity index (χ2n) is 3.72. The highest BCUT2D eigenvalue weighted by atomic mass is 35.5. The maximum atomic E-state index is 11.8. The fourth-order valence-electron chi connectivity index (χ4n) is 1.44. The van der Waals surface area contributed by atoms with Gasteiger partial charge >= 0.3 is 0 Å². The first-order chi connectivity index (χ1) is 9.03. The molecule has 0 bridgehead atoms. The highest BCUT2D eigenvalue weighted by Crippen LogP contribution is 2.20. The van der Waals surface area contributed by atoms with E-state index >= 15 is 0 Å². The fraction of sp³-hybridized carbons (Fsp3) is 0.333. The zero-order chi connectivity index (χ0) is 14.4. The molecule has 0 aliphatic rings. The average molecular weight is 322 g/mol. The van der Waals surface area contributed by atoms with E-state index in [4.69, 9.17) is 22.1 Å². The zero-order valence-electron chi connectivity index (χ0n) is 11.1. The number of anilines is 1. The molecule has 1 aromatic carbocycles. The lowest BCUT2D eigenvalue weighted by molar-refractivity contribution is -0.125. The van der Waals surface area contributed by atoms with Crippen LogP contribution in [0.25, 0.3) is 0 Å². The van der Waals surface area contributed by atoms with Crippen molar-refractivity contribution < 1.29 is 14.3 Å². The standard InChI is InChI=1S/C12H16ClN3O3.ClH/c1-15-11(17)8-5-7(3-4-9(8)13)16-12(18)10(6-14)19-2;/h3-5,10H,6,14H2,1-2H3,(H,15,17)(H,16,18);1H. The number of amides is 2. The number of methoxy groups -OCH3 is 1. The Hall–Kier alpha value is -1.34. The van der Waals surface area contributed by atoms with Crippen LogP contribution < -0.4 is 16.4 Å². The van der Waals surface area contributed by atoms with Crippen LogP contribution in [0.5, 0.6) is 0 Å². The van der Waals surface area contributed by atoms with Crippen LogP contribution in [-0.2, 0) is 9.53 Å². The van der Waals surface area contributed by atoms with E-state index in [1.54, 1.807) is 6.07 Å². The third-order valence-corrected chi connectivity index (χ3v) is 2.83. The van der Waals surface area contributed by atoms with Crippen molar-refractivity contribution in [2.45, 2.75) is 6.10 Å². The van der Waals surface area contributed by atoms with Gasteiger partial charge in [0.05, 0.1) is 10.6 Å². The average Bonchev–Trinajstić information content (AvgIpc) is 2.41. The molecule has 112 valence electrons. The Balaban J connectivity index is 0.00000361. The maximum absolute atomic E-state index is 11.8. The molecule has 0 radical (unpaired) electrons. The number of halogens is 2. The molecule has 0 aliphatic carbocycles. The summed E-state index contributed by atoms with van der Waals surface area (Å²) < 4.78 is 4.91. The molecule has 1 rings (SSSR count). The van der Waals surface area contributed by atoms with Gasteiger partial charge in [-0.15, -0.1) is 12.4 Å². The van der Waals surface area contributed by atoms with E-state index < -0.39 is 6.10 Å². The molecule has 6 nitrogen and oxygen atoms in total. The number of rotatable bonds is 5. The van der Waals surface area contributed by atoms with Gasteiger partial charge in [-0.25, -0.2) is 0 Å². The van der Waals surface area contributed by atoms with E-state index in [1.165, 1.54) is 26.3 Å². The van der Waals surface area contributed by atoms with E-state index in [9.17, 15) is 9.59 Å². The molecule has 2 amide bonds. The Morgan fingerprint density at radius 3 is 2.60 bits per heavy atom. The minimum absolute atomic E-state index is 0. The molecule has 0 saturated carbocycles. The van der Waals surface area contributed by atoms with Crippen molar-refractivity contribution in [2.24, 2.45) is 5.73 Å². The Morgan fingerprint density at radius 2 is 2.10 bits per heavy atom. The minimum atomic E-state index is -0.737. The quantitative estimate of drug-likeness (QED) is 0.755. The Labute approximate surface area is 128 Å². The largest absolute Gasteiger partial charge is 0.370 e. The zero-order valence-corrected chi connectivity index (χ0v) is 12.7. The van der Waals surface area contributed by atoms with Crippen LogP contribution in [-0.4, -0.2) is 38.6 Å². The summed E-state index contributed by atoms with van der Waals surface area (Å²) in [6.07, 6.45) is -0.737. The first kappa shape index (κ1) is 18.7. The fourth-order valence-corrected chi connectivity index (χ4v) is 1.65. The van der Waals surface area contributed by atoms with Crippen molar-refractivity contribution in [3.8, 4) is 0 Å². The number of nitrogens with one attached hydrogen (secondary N) is 2. The molecule has 1 atom stereocenters. The van der Waals surface area contributed by atoms with Gasteiger partial charge in [0.15, 0.2) is 0 Å². The first-order valence-electron chi connectivity index (χ1n) is 5.58. The third kappa shape index (κ3) is 4.64. The van der Waals surface area contributed by atoms with Gasteiger partial charge in [0, 0.05) is 26.4 Å². The highest BCUT2D eigenvalue weighted by molar-refractivity contribution is 6.34. The molecule has 1 aromatic rings. The van der Waals surface area contributed by atoms with Crippen LogP contribution in [0.2, 0.25) is 5.02 Å². The lowest BCUT2D eigenvalue weighted by atomic mass is 10.2. The van der Waals surface area contributed by atoms with Crippen molar-refractivity contribution in [2.75, 3.05) is 26.0 Å². The first-order valence-corrected chi connectivity index (χ1v) is 5.96. The normalized spacial score (nSPS) is 11.2. The molecule has 0 spiro atoms. The molecule has 4 N–H and O–H groups in total. The van der Waals surface area contributed by atoms with Gasteiger partial charge in [0.1, 0.15) is 6.10 Å². The highest BCUT2D eigenvalue weighted by Gasteiger charge is 2.17. The second-order valence-corrected chi connectivity index (χ2v) is 4.13. The number of ether oxygens (including phenoxy) is 1. The summed E-state index contributed by atoms with van der Waals surface area (Å²) in [4.78, 5) is 23.3. The monoisotopic (exact) mass is 321 g/mol. The Morgan fingerprint density at radius 1 is 1.45 bits per heavy atom. The van der Waals surface area contributed by atoms with Crippen molar-refractivity contribution in [3.63, 3.8) is 0 Å². The Bertz CT molecular complexity index is 479. The van der Waals surface area contributed by atoms with Crippen LogP contribution in [0.15, 0.2) is 18.2 Å². The van der Waals surface area contributed by atoms with Gasteiger partial charge in [-0.05, 0) is 18.2 Å². The van der Waals surface area contributed by atoms with Gasteiger partial charge in [0.2, 0.25) is 0 Å². The minimum Gasteiger partial charge on any atom is -0.370 e. The summed E-state index contributed by atoms with van der Waals surface area (Å²) in [5, 5.41) is 5.38. The molecule has 1 unspecified atom stereocenters. The molecule has 0 aliphatic heterocycles. The van der Waals surface area contributed by atoms with Gasteiger partial charge in [-0.2, -0.15) is 0 Å². The van der Waals surface area contributed by atoms with Crippen molar-refractivity contribution in [3.05, 3.63) is 28.8 Å². The van der Waals surface area contributed by atoms with Crippen LogP contribution in [0.1, 0.15) is 10.4 Å². The predicted molar refractivity (Wildman–Crippen MR) is 80.6 cm³/mol. The van der Waals surface area contributed by atoms with Crippen molar-refractivity contribution in [1.82, 2.24) is 5.32 Å². The number of carbonyl (C=O) groups is 2. The molecular weight excluding hydrogens is 305 g/mol. The summed E-state index contributed by atoms with van der Waals surface area (Å²) in [6.45, 7) is 0.0677. The molecule has 0 heterocycles. The van der Waals surface area contributed by atoms with Crippen molar-refractivity contribution >= 4 is 41.5 Å². The molecule has 20 heavy (non-hydrogen) atoms. The summed E-state index contributed by atoms with van der Waals surface area (Å²) >= 11 is 5.91. The second kappa shape index (κ2) is 8.76. The lowest BCUT2D eigenvalue weighted by Gasteiger charge is -2.14. The van der Waals surface area contributed by atoms with E-state index in [0.29, 0.717) is 10.7 Å². The third-order valence-electron chi connectivity index (χ3n) is 2.50. The van der Waals surface area contributed by atoms with Crippen LogP contribution >= 0.6 is 24.0 Å².